The van der Waals surface area contributed by atoms with Crippen LogP contribution in [0.5, 0.6) is 0 Å². The molecule has 0 aliphatic heterocycles. The number of H-pyrrole nitrogens is 1. The molecular formula is C17H16F3N3O3. The molecule has 3 N–H and O–H groups in total. The Hall–Kier alpha value is -2.84. The van der Waals surface area contributed by atoms with Crippen molar-refractivity contribution in [3.05, 3.63) is 41.2 Å². The standard InChI is InChI=1S/C17H16F3N3O3/c1-8-13(15(24)22-12-6-10(7-12)16(25)26)23-14(21-8)9-3-2-4-11(5-9)17(18,19)20/h2-5,10,12H,6-7H2,1H3,(H,21,23)(H,22,24)(H,25,26). The number of carbonyl (C=O) groups is 2. The summed E-state index contributed by atoms with van der Waals surface area (Å²) in [6.45, 7) is 1.60. The molecule has 6 nitrogen and oxygen atoms in total. The van der Waals surface area contributed by atoms with Crippen LogP contribution in [0.4, 0.5) is 13.2 Å². The molecule has 0 atom stereocenters. The molecule has 1 aliphatic carbocycles. The first-order valence-corrected chi connectivity index (χ1v) is 7.93. The molecule has 1 heterocycles. The number of hydrogen-bond donors (Lipinski definition) is 3. The van der Waals surface area contributed by atoms with E-state index in [4.69, 9.17) is 5.11 Å². The van der Waals surface area contributed by atoms with Crippen LogP contribution in [0.15, 0.2) is 24.3 Å². The second kappa shape index (κ2) is 6.47. The number of nitrogens with zero attached hydrogens (tertiary/aromatic N) is 1. The SMILES string of the molecule is Cc1[nH]c(-c2cccc(C(F)(F)F)c2)nc1C(=O)NC1CC(C(=O)O)C1. The summed E-state index contributed by atoms with van der Waals surface area (Å²) in [5.41, 5.74) is -0.0824. The van der Waals surface area contributed by atoms with E-state index in [1.54, 1.807) is 6.92 Å². The van der Waals surface area contributed by atoms with Crippen LogP contribution in [0.3, 0.4) is 0 Å². The number of aryl methyl sites for hydroxylation is 1. The first-order valence-electron chi connectivity index (χ1n) is 7.93. The number of carbonyl (C=O) groups excluding carboxylic acids is 1. The zero-order chi connectivity index (χ0) is 19.1. The molecule has 0 bridgehead atoms. The minimum absolute atomic E-state index is 0.0798. The molecular weight excluding hydrogens is 351 g/mol. The molecule has 9 heteroatoms. The van der Waals surface area contributed by atoms with Crippen LogP contribution in [-0.2, 0) is 11.0 Å². The Kier molecular flexibility index (Phi) is 4.47. The Morgan fingerprint density at radius 1 is 1.31 bits per heavy atom. The number of carboxylic acid groups (broad SMARTS) is 1. The van der Waals surface area contributed by atoms with E-state index in [-0.39, 0.29) is 23.1 Å². The van der Waals surface area contributed by atoms with Crippen LogP contribution in [0.25, 0.3) is 11.4 Å². The number of hydrogen-bond acceptors (Lipinski definition) is 3. The molecule has 0 radical (unpaired) electrons. The van der Waals surface area contributed by atoms with Crippen molar-refractivity contribution in [3.63, 3.8) is 0 Å². The second-order valence-electron chi connectivity index (χ2n) is 6.31. The van der Waals surface area contributed by atoms with Gasteiger partial charge in [-0.3, -0.25) is 9.59 Å². The molecule has 1 fully saturated rings. The maximum absolute atomic E-state index is 12.8. The highest BCUT2D eigenvalue weighted by Gasteiger charge is 2.36. The maximum Gasteiger partial charge on any atom is 0.416 e. The van der Waals surface area contributed by atoms with E-state index in [9.17, 15) is 22.8 Å². The predicted molar refractivity (Wildman–Crippen MR) is 85.4 cm³/mol. The molecule has 1 aromatic heterocycles. The molecule has 0 spiro atoms. The third kappa shape index (κ3) is 3.56. The van der Waals surface area contributed by atoms with Crippen molar-refractivity contribution in [1.82, 2.24) is 15.3 Å². The summed E-state index contributed by atoms with van der Waals surface area (Å²) in [6.07, 6.45) is -3.77. The molecule has 3 rings (SSSR count). The number of carboxylic acids is 1. The highest BCUT2D eigenvalue weighted by molar-refractivity contribution is 5.94. The lowest BCUT2D eigenvalue weighted by Crippen LogP contribution is -2.46. The number of imidazole rings is 1. The van der Waals surface area contributed by atoms with Gasteiger partial charge < -0.3 is 15.4 Å². The van der Waals surface area contributed by atoms with E-state index in [2.05, 4.69) is 15.3 Å². The third-order valence-corrected chi connectivity index (χ3v) is 4.39. The van der Waals surface area contributed by atoms with Crippen molar-refractivity contribution < 1.29 is 27.9 Å². The molecule has 0 saturated heterocycles. The minimum Gasteiger partial charge on any atom is -0.481 e. The highest BCUT2D eigenvalue weighted by atomic mass is 19.4. The molecule has 26 heavy (non-hydrogen) atoms. The third-order valence-electron chi connectivity index (χ3n) is 4.39. The minimum atomic E-state index is -4.47. The second-order valence-corrected chi connectivity index (χ2v) is 6.31. The van der Waals surface area contributed by atoms with Crippen LogP contribution in [0.2, 0.25) is 0 Å². The molecule has 138 valence electrons. The van der Waals surface area contributed by atoms with Gasteiger partial charge in [-0.15, -0.1) is 0 Å². The topological polar surface area (TPSA) is 95.1 Å². The number of aromatic amines is 1. The molecule has 0 unspecified atom stereocenters. The van der Waals surface area contributed by atoms with Crippen LogP contribution in [0, 0.1) is 12.8 Å². The van der Waals surface area contributed by atoms with Gasteiger partial charge in [-0.1, -0.05) is 12.1 Å². The average Bonchev–Trinajstić information content (AvgIpc) is 2.91. The van der Waals surface area contributed by atoms with Gasteiger partial charge in [0, 0.05) is 17.3 Å². The van der Waals surface area contributed by atoms with Gasteiger partial charge in [-0.25, -0.2) is 4.98 Å². The van der Waals surface area contributed by atoms with Gasteiger partial charge in [0.1, 0.15) is 11.5 Å². The van der Waals surface area contributed by atoms with Crippen molar-refractivity contribution in [2.75, 3.05) is 0 Å². The number of aliphatic carboxylic acids is 1. The number of amides is 1. The summed E-state index contributed by atoms with van der Waals surface area (Å²) >= 11 is 0. The number of halogens is 3. The number of aromatic nitrogens is 2. The smallest absolute Gasteiger partial charge is 0.416 e. The first-order chi connectivity index (χ1) is 12.1. The van der Waals surface area contributed by atoms with Crippen LogP contribution < -0.4 is 5.32 Å². The summed E-state index contributed by atoms with van der Waals surface area (Å²) in [5.74, 6) is -1.67. The lowest BCUT2D eigenvalue weighted by atomic mass is 9.80. The monoisotopic (exact) mass is 367 g/mol. The fourth-order valence-corrected chi connectivity index (χ4v) is 2.85. The highest BCUT2D eigenvalue weighted by Crippen LogP contribution is 2.32. The van der Waals surface area contributed by atoms with Gasteiger partial charge in [-0.05, 0) is 31.9 Å². The Balaban J connectivity index is 1.75. The largest absolute Gasteiger partial charge is 0.481 e. The van der Waals surface area contributed by atoms with Crippen molar-refractivity contribution in [1.29, 1.82) is 0 Å². The quantitative estimate of drug-likeness (QED) is 0.774. The number of benzene rings is 1. The Morgan fingerprint density at radius 3 is 2.62 bits per heavy atom. The van der Waals surface area contributed by atoms with Crippen molar-refractivity contribution in [2.45, 2.75) is 32.0 Å². The zero-order valence-electron chi connectivity index (χ0n) is 13.7. The first kappa shape index (κ1) is 18.0. The normalized spacial score (nSPS) is 19.7. The van der Waals surface area contributed by atoms with E-state index in [1.165, 1.54) is 12.1 Å². The zero-order valence-corrected chi connectivity index (χ0v) is 13.7. The van der Waals surface area contributed by atoms with Crippen LogP contribution >= 0.6 is 0 Å². The predicted octanol–water partition coefficient (Wildman–Crippen LogP) is 3.00. The van der Waals surface area contributed by atoms with Gasteiger partial charge in [-0.2, -0.15) is 13.2 Å². The van der Waals surface area contributed by atoms with E-state index in [0.717, 1.165) is 12.1 Å². The Labute approximate surface area is 146 Å². The van der Waals surface area contributed by atoms with E-state index in [1.807, 2.05) is 0 Å². The summed E-state index contributed by atoms with van der Waals surface area (Å²) in [7, 11) is 0. The lowest BCUT2D eigenvalue weighted by molar-refractivity contribution is -0.145. The number of rotatable bonds is 4. The van der Waals surface area contributed by atoms with Crippen molar-refractivity contribution >= 4 is 11.9 Å². The van der Waals surface area contributed by atoms with Gasteiger partial charge in [0.25, 0.3) is 5.91 Å². The van der Waals surface area contributed by atoms with Crippen molar-refractivity contribution in [3.8, 4) is 11.4 Å². The molecule has 1 aliphatic rings. The lowest BCUT2D eigenvalue weighted by Gasteiger charge is -2.32. The molecule has 1 amide bonds. The fourth-order valence-electron chi connectivity index (χ4n) is 2.85. The summed E-state index contributed by atoms with van der Waals surface area (Å²) in [4.78, 5) is 30.0. The fraction of sp³-hybridized carbons (Fsp3) is 0.353. The van der Waals surface area contributed by atoms with Gasteiger partial charge >= 0.3 is 12.1 Å². The van der Waals surface area contributed by atoms with E-state index < -0.39 is 29.5 Å². The summed E-state index contributed by atoms with van der Waals surface area (Å²) in [6, 6.07) is 4.43. The van der Waals surface area contributed by atoms with E-state index >= 15 is 0 Å². The molecule has 2 aromatic rings. The molecule has 1 saturated carbocycles. The number of nitrogens with one attached hydrogen (secondary N) is 2. The number of alkyl halides is 3. The van der Waals surface area contributed by atoms with Crippen LogP contribution in [0.1, 0.15) is 34.6 Å². The molecule has 1 aromatic carbocycles. The van der Waals surface area contributed by atoms with Crippen molar-refractivity contribution in [2.24, 2.45) is 5.92 Å². The van der Waals surface area contributed by atoms with E-state index in [0.29, 0.717) is 18.5 Å². The summed E-state index contributed by atoms with van der Waals surface area (Å²) < 4.78 is 38.5. The van der Waals surface area contributed by atoms with Crippen LogP contribution in [-0.4, -0.2) is 33.0 Å². The van der Waals surface area contributed by atoms with Gasteiger partial charge in [0.2, 0.25) is 0 Å². The Morgan fingerprint density at radius 2 is 2.00 bits per heavy atom. The maximum atomic E-state index is 12.8. The van der Waals surface area contributed by atoms with Gasteiger partial charge in [0.05, 0.1) is 11.5 Å². The average molecular weight is 367 g/mol. The van der Waals surface area contributed by atoms with Gasteiger partial charge in [0.15, 0.2) is 0 Å². The Bertz CT molecular complexity index is 854. The summed E-state index contributed by atoms with van der Waals surface area (Å²) in [5, 5.41) is 11.5.